The van der Waals surface area contributed by atoms with E-state index in [1.165, 1.54) is 0 Å². The lowest BCUT2D eigenvalue weighted by Gasteiger charge is -2.38. The van der Waals surface area contributed by atoms with Gasteiger partial charge in [-0.3, -0.25) is 4.90 Å². The van der Waals surface area contributed by atoms with E-state index in [1.807, 2.05) is 20.8 Å². The zero-order chi connectivity index (χ0) is 17.3. The molecule has 0 N–H and O–H groups in total. The van der Waals surface area contributed by atoms with Gasteiger partial charge >= 0.3 is 6.09 Å². The second kappa shape index (κ2) is 6.25. The molecule has 0 aromatic rings. The van der Waals surface area contributed by atoms with E-state index in [2.05, 4.69) is 39.8 Å². The van der Waals surface area contributed by atoms with Gasteiger partial charge in [0.05, 0.1) is 18.7 Å². The van der Waals surface area contributed by atoms with Crippen molar-refractivity contribution in [1.82, 2.24) is 4.90 Å². The summed E-state index contributed by atoms with van der Waals surface area (Å²) in [6.45, 7) is 17.1. The molecule has 0 aliphatic carbocycles. The molecular weight excluding hydrogens is 294 g/mol. The number of carbonyl (C=O) groups excluding carboxylic acids is 1. The van der Waals surface area contributed by atoms with Gasteiger partial charge in [-0.05, 0) is 38.9 Å². The van der Waals surface area contributed by atoms with Gasteiger partial charge in [-0.2, -0.15) is 0 Å². The Bertz CT molecular complexity index is 454. The molecule has 4 nitrogen and oxygen atoms in total. The molecule has 0 radical (unpaired) electrons. The van der Waals surface area contributed by atoms with Crippen molar-refractivity contribution in [2.75, 3.05) is 6.54 Å². The molecule has 1 fully saturated rings. The first kappa shape index (κ1) is 19.1. The normalized spacial score (nSPS) is 23.3. The second-order valence-electron chi connectivity index (χ2n) is 8.55. The van der Waals surface area contributed by atoms with Gasteiger partial charge in [0.15, 0.2) is 8.32 Å². The highest BCUT2D eigenvalue weighted by Gasteiger charge is 2.44. The number of amides is 1. The first-order valence-corrected chi connectivity index (χ1v) is 10.8. The number of ether oxygens (including phenoxy) is 1. The molecule has 22 heavy (non-hydrogen) atoms. The third-order valence-corrected chi connectivity index (χ3v) is 8.89. The van der Waals surface area contributed by atoms with Crippen LogP contribution in [0.15, 0.2) is 0 Å². The number of hydrogen-bond donors (Lipinski definition) is 0. The Morgan fingerprint density at radius 1 is 1.23 bits per heavy atom. The van der Waals surface area contributed by atoms with Crippen LogP contribution in [0.3, 0.4) is 0 Å². The van der Waals surface area contributed by atoms with Gasteiger partial charge in [-0.1, -0.05) is 26.7 Å². The molecule has 0 saturated carbocycles. The first-order chi connectivity index (χ1) is 9.77. The van der Waals surface area contributed by atoms with Gasteiger partial charge in [0.25, 0.3) is 0 Å². The Balaban J connectivity index is 2.78. The maximum Gasteiger partial charge on any atom is 0.411 e. The molecular formula is C17H31NO3Si. The average molecular weight is 326 g/mol. The van der Waals surface area contributed by atoms with Crippen molar-refractivity contribution < 1.29 is 14.0 Å². The molecule has 0 spiro atoms. The molecule has 126 valence electrons. The molecule has 1 aliphatic heterocycles. The Kier molecular flexibility index (Phi) is 5.41. The van der Waals surface area contributed by atoms with Crippen molar-refractivity contribution in [2.24, 2.45) is 0 Å². The predicted molar refractivity (Wildman–Crippen MR) is 92.2 cm³/mol. The Labute approximate surface area is 136 Å². The number of terminal acetylenes is 1. The number of carbonyl (C=O) groups is 1. The maximum absolute atomic E-state index is 12.3. The third-order valence-electron chi connectivity index (χ3n) is 4.35. The molecule has 0 aromatic carbocycles. The van der Waals surface area contributed by atoms with Gasteiger partial charge in [0, 0.05) is 6.42 Å². The highest BCUT2D eigenvalue weighted by molar-refractivity contribution is 6.74. The largest absolute Gasteiger partial charge is 0.444 e. The summed E-state index contributed by atoms with van der Waals surface area (Å²) in [6.07, 6.45) is 5.92. The molecule has 0 aromatic heterocycles. The van der Waals surface area contributed by atoms with E-state index in [0.717, 1.165) is 0 Å². The summed E-state index contributed by atoms with van der Waals surface area (Å²) < 4.78 is 11.8. The lowest BCUT2D eigenvalue weighted by Crippen LogP contribution is -2.45. The summed E-state index contributed by atoms with van der Waals surface area (Å²) in [7, 11) is -1.87. The molecule has 0 bridgehead atoms. The van der Waals surface area contributed by atoms with Crippen LogP contribution in [0.2, 0.25) is 18.1 Å². The van der Waals surface area contributed by atoms with Crippen LogP contribution in [-0.2, 0) is 9.16 Å². The zero-order valence-electron chi connectivity index (χ0n) is 15.3. The Morgan fingerprint density at radius 2 is 1.77 bits per heavy atom. The van der Waals surface area contributed by atoms with Crippen molar-refractivity contribution in [1.29, 1.82) is 0 Å². The van der Waals surface area contributed by atoms with Crippen LogP contribution < -0.4 is 0 Å². The fourth-order valence-electron chi connectivity index (χ4n) is 2.16. The fourth-order valence-corrected chi connectivity index (χ4v) is 3.51. The van der Waals surface area contributed by atoms with Crippen LogP contribution in [0.4, 0.5) is 4.79 Å². The fraction of sp³-hybridized carbons (Fsp3) is 0.824. The smallest absolute Gasteiger partial charge is 0.411 e. The molecule has 1 aliphatic rings. The minimum Gasteiger partial charge on any atom is -0.444 e. The quantitative estimate of drug-likeness (QED) is 0.568. The number of nitrogens with zero attached hydrogens (tertiary/aromatic N) is 1. The number of rotatable bonds is 2. The lowest BCUT2D eigenvalue weighted by molar-refractivity contribution is 0.0242. The van der Waals surface area contributed by atoms with Gasteiger partial charge in [-0.25, -0.2) is 4.79 Å². The number of hydrogen-bond acceptors (Lipinski definition) is 3. The Morgan fingerprint density at radius 3 is 2.18 bits per heavy atom. The van der Waals surface area contributed by atoms with Crippen LogP contribution in [0, 0.1) is 12.3 Å². The minimum absolute atomic E-state index is 0.00513. The van der Waals surface area contributed by atoms with Gasteiger partial charge in [-0.15, -0.1) is 6.42 Å². The van der Waals surface area contributed by atoms with E-state index in [1.54, 1.807) is 4.90 Å². The minimum atomic E-state index is -1.87. The summed E-state index contributed by atoms with van der Waals surface area (Å²) >= 11 is 0. The molecule has 1 amide bonds. The van der Waals surface area contributed by atoms with Crippen LogP contribution in [-0.4, -0.2) is 43.6 Å². The summed E-state index contributed by atoms with van der Waals surface area (Å²) in [5.74, 6) is 2.70. The van der Waals surface area contributed by atoms with Crippen molar-refractivity contribution in [3.63, 3.8) is 0 Å². The SMILES string of the molecule is C#C[C@H]1C[C@@H](O[Si](C)(C)C(C)(C)C)CN1C(=O)OC(C)(C)C. The summed E-state index contributed by atoms with van der Waals surface area (Å²) in [6, 6.07) is -0.246. The monoisotopic (exact) mass is 325 g/mol. The molecule has 5 heteroatoms. The highest BCUT2D eigenvalue weighted by atomic mass is 28.4. The highest BCUT2D eigenvalue weighted by Crippen LogP contribution is 2.39. The molecule has 0 unspecified atom stereocenters. The van der Waals surface area contributed by atoms with E-state index in [0.29, 0.717) is 13.0 Å². The Hall–Kier alpha value is -0.993. The van der Waals surface area contributed by atoms with Crippen molar-refractivity contribution >= 4 is 14.4 Å². The van der Waals surface area contributed by atoms with Gasteiger partial charge < -0.3 is 9.16 Å². The standard InChI is InChI=1S/C17H31NO3Si/c1-10-13-11-14(21-22(8,9)17(5,6)7)12-18(13)15(19)20-16(2,3)4/h1,13-14H,11-12H2,2-9H3/t13-,14+/m0/s1. The van der Waals surface area contributed by atoms with E-state index in [9.17, 15) is 4.79 Å². The summed E-state index contributed by atoms with van der Waals surface area (Å²) in [5.41, 5.74) is -0.519. The van der Waals surface area contributed by atoms with E-state index in [-0.39, 0.29) is 23.3 Å². The average Bonchev–Trinajstić information content (AvgIpc) is 2.67. The van der Waals surface area contributed by atoms with Gasteiger partial charge in [0.2, 0.25) is 0 Å². The van der Waals surface area contributed by atoms with Crippen molar-refractivity contribution in [3.05, 3.63) is 0 Å². The van der Waals surface area contributed by atoms with Crippen molar-refractivity contribution in [3.8, 4) is 12.3 Å². The van der Waals surface area contributed by atoms with Crippen LogP contribution in [0.25, 0.3) is 0 Å². The summed E-state index contributed by atoms with van der Waals surface area (Å²) in [4.78, 5) is 13.9. The van der Waals surface area contributed by atoms with Crippen LogP contribution in [0.1, 0.15) is 48.0 Å². The zero-order valence-corrected chi connectivity index (χ0v) is 16.3. The van der Waals surface area contributed by atoms with Crippen molar-refractivity contribution in [2.45, 2.75) is 83.8 Å². The topological polar surface area (TPSA) is 38.8 Å². The second-order valence-corrected chi connectivity index (χ2v) is 13.3. The van der Waals surface area contributed by atoms with Crippen LogP contribution >= 0.6 is 0 Å². The third kappa shape index (κ3) is 4.75. The van der Waals surface area contributed by atoms with Gasteiger partial charge in [0.1, 0.15) is 5.60 Å². The van der Waals surface area contributed by atoms with E-state index in [4.69, 9.17) is 15.6 Å². The van der Waals surface area contributed by atoms with E-state index >= 15 is 0 Å². The molecule has 2 atom stereocenters. The summed E-state index contributed by atoms with van der Waals surface area (Å²) in [5, 5.41) is 0.137. The maximum atomic E-state index is 12.3. The van der Waals surface area contributed by atoms with Crippen LogP contribution in [0.5, 0.6) is 0 Å². The molecule has 1 rings (SSSR count). The predicted octanol–water partition coefficient (Wildman–Crippen LogP) is 4.02. The number of likely N-dealkylation sites (tertiary alicyclic amines) is 1. The molecule has 1 heterocycles. The molecule has 1 saturated heterocycles. The lowest BCUT2D eigenvalue weighted by atomic mass is 10.2. The van der Waals surface area contributed by atoms with E-state index < -0.39 is 13.9 Å². The first-order valence-electron chi connectivity index (χ1n) is 7.90.